The van der Waals surface area contributed by atoms with Crippen LogP contribution in [0.1, 0.15) is 11.1 Å². The minimum Gasteiger partial charge on any atom is -0.497 e. The highest BCUT2D eigenvalue weighted by Gasteiger charge is 2.14. The maximum Gasteiger partial charge on any atom is 0.368 e. The zero-order valence-electron chi connectivity index (χ0n) is 16.7. The van der Waals surface area contributed by atoms with Crippen molar-refractivity contribution in [2.45, 2.75) is 13.5 Å². The number of rotatable bonds is 6. The second-order valence-corrected chi connectivity index (χ2v) is 6.48. The van der Waals surface area contributed by atoms with Crippen molar-refractivity contribution in [3.8, 4) is 28.8 Å². The molecule has 0 amide bonds. The summed E-state index contributed by atoms with van der Waals surface area (Å²) in [6, 6.07) is 13.1. The number of methoxy groups -OCH3 is 1. The van der Waals surface area contributed by atoms with Gasteiger partial charge in [0.15, 0.2) is 5.82 Å². The van der Waals surface area contributed by atoms with Crippen LogP contribution in [0.2, 0.25) is 0 Å². The average molecular weight is 405 g/mol. The topological polar surface area (TPSA) is 110 Å². The molecule has 4 aromatic rings. The van der Waals surface area contributed by atoms with Crippen molar-refractivity contribution in [3.63, 3.8) is 0 Å². The minimum absolute atomic E-state index is 0.150. The molecule has 0 bridgehead atoms. The van der Waals surface area contributed by atoms with Gasteiger partial charge in [-0.05, 0) is 53.2 Å². The third kappa shape index (κ3) is 3.75. The van der Waals surface area contributed by atoms with E-state index in [4.69, 9.17) is 9.47 Å². The van der Waals surface area contributed by atoms with Crippen LogP contribution >= 0.6 is 0 Å². The first-order valence-electron chi connectivity index (χ1n) is 9.11. The first-order chi connectivity index (χ1) is 14.6. The van der Waals surface area contributed by atoms with Gasteiger partial charge >= 0.3 is 11.7 Å². The molecule has 0 radical (unpaired) electrons. The number of aromatic nitrogens is 7. The van der Waals surface area contributed by atoms with E-state index >= 15 is 0 Å². The van der Waals surface area contributed by atoms with Crippen LogP contribution < -0.4 is 15.2 Å². The second-order valence-electron chi connectivity index (χ2n) is 6.48. The summed E-state index contributed by atoms with van der Waals surface area (Å²) in [5, 5.41) is 7.69. The Bertz CT molecular complexity index is 1230. The summed E-state index contributed by atoms with van der Waals surface area (Å²) >= 11 is 0. The van der Waals surface area contributed by atoms with E-state index in [0.717, 1.165) is 22.4 Å². The first-order valence-corrected chi connectivity index (χ1v) is 9.11. The lowest BCUT2D eigenvalue weighted by atomic mass is 10.1. The average Bonchev–Trinajstić information content (AvgIpc) is 3.11. The predicted octanol–water partition coefficient (Wildman–Crippen LogP) is 1.71. The fraction of sp³-hybridized carbons (Fsp3) is 0.200. The normalized spacial score (nSPS) is 10.8. The summed E-state index contributed by atoms with van der Waals surface area (Å²) in [6.07, 6.45) is 1.40. The Kier molecular flexibility index (Phi) is 5.21. The molecule has 4 rings (SSSR count). The van der Waals surface area contributed by atoms with Crippen LogP contribution in [0.25, 0.3) is 17.1 Å². The first kappa shape index (κ1) is 19.2. The number of benzene rings is 2. The molecule has 0 fully saturated rings. The molecule has 0 aliphatic rings. The molecule has 0 aliphatic heterocycles. The van der Waals surface area contributed by atoms with Crippen molar-refractivity contribution < 1.29 is 9.47 Å². The number of nitrogens with zero attached hydrogens (tertiary/aromatic N) is 7. The molecule has 2 aromatic carbocycles. The Morgan fingerprint density at radius 1 is 1.03 bits per heavy atom. The number of aryl methyl sites for hydroxylation is 2. The summed E-state index contributed by atoms with van der Waals surface area (Å²) in [4.78, 5) is 25.0. The Hall–Kier alpha value is -4.08. The van der Waals surface area contributed by atoms with Gasteiger partial charge in [-0.1, -0.05) is 12.1 Å². The van der Waals surface area contributed by atoms with E-state index in [2.05, 4.69) is 25.4 Å². The van der Waals surface area contributed by atoms with Gasteiger partial charge in [0.25, 0.3) is 0 Å². The standard InChI is InChI=1S/C20H19N7O3/c1-13-5-4-6-17(27-20(28)26(2)24-25-27)16(13)11-30-19-22-12-21-18(23-19)14-7-9-15(29-3)10-8-14/h4-10,12H,11H2,1-3H3. The molecule has 0 aliphatic carbocycles. The van der Waals surface area contributed by atoms with Crippen molar-refractivity contribution in [3.05, 3.63) is 70.4 Å². The Morgan fingerprint density at radius 2 is 1.83 bits per heavy atom. The fourth-order valence-electron chi connectivity index (χ4n) is 2.90. The summed E-state index contributed by atoms with van der Waals surface area (Å²) in [5.74, 6) is 1.23. The lowest BCUT2D eigenvalue weighted by molar-refractivity contribution is 0.279. The second kappa shape index (κ2) is 8.11. The molecule has 0 unspecified atom stereocenters. The van der Waals surface area contributed by atoms with Crippen molar-refractivity contribution >= 4 is 0 Å². The minimum atomic E-state index is -0.344. The zero-order valence-corrected chi connectivity index (χ0v) is 16.7. The van der Waals surface area contributed by atoms with Crippen LogP contribution in [0.15, 0.2) is 53.6 Å². The smallest absolute Gasteiger partial charge is 0.368 e. The Morgan fingerprint density at radius 3 is 2.53 bits per heavy atom. The number of hydrogen-bond acceptors (Lipinski definition) is 8. The molecule has 10 heteroatoms. The molecular formula is C20H19N7O3. The lowest BCUT2D eigenvalue weighted by Gasteiger charge is -2.12. The van der Waals surface area contributed by atoms with Gasteiger partial charge in [0.2, 0.25) is 0 Å². The van der Waals surface area contributed by atoms with Crippen LogP contribution in [0.4, 0.5) is 0 Å². The van der Waals surface area contributed by atoms with Crippen LogP contribution in [-0.4, -0.2) is 41.9 Å². The van der Waals surface area contributed by atoms with Crippen molar-refractivity contribution in [1.82, 2.24) is 34.7 Å². The number of ether oxygens (including phenoxy) is 2. The molecular weight excluding hydrogens is 386 g/mol. The molecule has 0 N–H and O–H groups in total. The zero-order chi connectivity index (χ0) is 21.1. The molecule has 152 valence electrons. The van der Waals surface area contributed by atoms with Crippen molar-refractivity contribution in [2.75, 3.05) is 7.11 Å². The molecule has 0 spiro atoms. The molecule has 0 atom stereocenters. The quantitative estimate of drug-likeness (QED) is 0.477. The Balaban J connectivity index is 1.60. The SMILES string of the molecule is COc1ccc(-c2ncnc(OCc3c(C)cccc3-n3nnn(C)c3=O)n2)cc1. The summed E-state index contributed by atoms with van der Waals surface area (Å²) in [7, 11) is 3.15. The van der Waals surface area contributed by atoms with Crippen LogP contribution in [-0.2, 0) is 13.7 Å². The van der Waals surface area contributed by atoms with Crippen molar-refractivity contribution in [1.29, 1.82) is 0 Å². The number of tetrazole rings is 1. The number of hydrogen-bond donors (Lipinski definition) is 0. The highest BCUT2D eigenvalue weighted by Crippen LogP contribution is 2.21. The van der Waals surface area contributed by atoms with E-state index in [9.17, 15) is 4.79 Å². The summed E-state index contributed by atoms with van der Waals surface area (Å²) in [5.41, 5.74) is 2.79. The van der Waals surface area contributed by atoms with Gasteiger partial charge in [-0.25, -0.2) is 9.78 Å². The molecule has 2 aromatic heterocycles. The van der Waals surface area contributed by atoms with E-state index < -0.39 is 0 Å². The summed E-state index contributed by atoms with van der Waals surface area (Å²) < 4.78 is 13.4. The highest BCUT2D eigenvalue weighted by molar-refractivity contribution is 5.56. The van der Waals surface area contributed by atoms with Crippen molar-refractivity contribution in [2.24, 2.45) is 7.05 Å². The van der Waals surface area contributed by atoms with E-state index in [1.807, 2.05) is 43.3 Å². The Labute approximate surface area is 171 Å². The largest absolute Gasteiger partial charge is 0.497 e. The molecule has 2 heterocycles. The monoisotopic (exact) mass is 405 g/mol. The van der Waals surface area contributed by atoms with Crippen LogP contribution in [0.5, 0.6) is 11.8 Å². The fourth-order valence-corrected chi connectivity index (χ4v) is 2.90. The lowest BCUT2D eigenvalue weighted by Crippen LogP contribution is -2.23. The maximum atomic E-state index is 12.3. The molecule has 10 nitrogen and oxygen atoms in total. The highest BCUT2D eigenvalue weighted by atomic mass is 16.5. The van der Waals surface area contributed by atoms with Crippen LogP contribution in [0, 0.1) is 6.92 Å². The molecule has 30 heavy (non-hydrogen) atoms. The van der Waals surface area contributed by atoms with Gasteiger partial charge in [-0.2, -0.15) is 19.3 Å². The molecule has 0 saturated carbocycles. The predicted molar refractivity (Wildman–Crippen MR) is 107 cm³/mol. The van der Waals surface area contributed by atoms with E-state index in [1.54, 1.807) is 20.2 Å². The van der Waals surface area contributed by atoms with Gasteiger partial charge in [0, 0.05) is 18.2 Å². The van der Waals surface area contributed by atoms with Gasteiger partial charge in [0.1, 0.15) is 18.7 Å². The van der Waals surface area contributed by atoms with Gasteiger partial charge in [-0.3, -0.25) is 0 Å². The van der Waals surface area contributed by atoms with E-state index in [0.29, 0.717) is 11.5 Å². The van der Waals surface area contributed by atoms with Gasteiger partial charge in [-0.15, -0.1) is 0 Å². The van der Waals surface area contributed by atoms with E-state index in [-0.39, 0.29) is 18.3 Å². The van der Waals surface area contributed by atoms with Gasteiger partial charge < -0.3 is 9.47 Å². The summed E-state index contributed by atoms with van der Waals surface area (Å²) in [6.45, 7) is 2.08. The van der Waals surface area contributed by atoms with Gasteiger partial charge in [0.05, 0.1) is 12.8 Å². The molecule has 0 saturated heterocycles. The third-order valence-electron chi connectivity index (χ3n) is 4.58. The third-order valence-corrected chi connectivity index (χ3v) is 4.58. The van der Waals surface area contributed by atoms with Crippen LogP contribution in [0.3, 0.4) is 0 Å². The van der Waals surface area contributed by atoms with E-state index in [1.165, 1.54) is 15.7 Å². The maximum absolute atomic E-state index is 12.3.